The van der Waals surface area contributed by atoms with Crippen LogP contribution in [0.5, 0.6) is 0 Å². The van der Waals surface area contributed by atoms with Crippen LogP contribution in [0, 0.1) is 22.9 Å². The molecule has 1 amide bonds. The lowest BCUT2D eigenvalue weighted by molar-refractivity contribution is -0.384. The van der Waals surface area contributed by atoms with Crippen molar-refractivity contribution in [3.63, 3.8) is 0 Å². The molecular formula is C20H16FN3O5S. The number of carbonyl (C=O) groups is 1. The predicted molar refractivity (Wildman–Crippen MR) is 109 cm³/mol. The van der Waals surface area contributed by atoms with Crippen molar-refractivity contribution in [1.82, 2.24) is 0 Å². The van der Waals surface area contributed by atoms with E-state index in [2.05, 4.69) is 10.0 Å². The van der Waals surface area contributed by atoms with Crippen molar-refractivity contribution in [3.05, 3.63) is 93.8 Å². The van der Waals surface area contributed by atoms with E-state index in [1.165, 1.54) is 54.6 Å². The third-order valence-corrected chi connectivity index (χ3v) is 5.56. The molecule has 3 aromatic rings. The maximum Gasteiger partial charge on any atom is 0.271 e. The van der Waals surface area contributed by atoms with Crippen LogP contribution in [-0.4, -0.2) is 19.2 Å². The summed E-state index contributed by atoms with van der Waals surface area (Å²) in [5, 5.41) is 13.4. The van der Waals surface area contributed by atoms with E-state index in [0.29, 0.717) is 5.56 Å². The van der Waals surface area contributed by atoms with Crippen molar-refractivity contribution >= 4 is 33.0 Å². The van der Waals surface area contributed by atoms with E-state index >= 15 is 0 Å². The van der Waals surface area contributed by atoms with Crippen LogP contribution in [0.25, 0.3) is 0 Å². The van der Waals surface area contributed by atoms with Crippen LogP contribution in [0.4, 0.5) is 21.5 Å². The highest BCUT2D eigenvalue weighted by atomic mass is 32.2. The number of nitro groups is 1. The fourth-order valence-electron chi connectivity index (χ4n) is 2.66. The quantitative estimate of drug-likeness (QED) is 0.452. The third kappa shape index (κ3) is 4.61. The van der Waals surface area contributed by atoms with Crippen molar-refractivity contribution in [2.75, 3.05) is 10.0 Å². The smallest absolute Gasteiger partial charge is 0.271 e. The number of aryl methyl sites for hydroxylation is 1. The van der Waals surface area contributed by atoms with Gasteiger partial charge in [-0.25, -0.2) is 12.8 Å². The van der Waals surface area contributed by atoms with Crippen LogP contribution >= 0.6 is 0 Å². The highest BCUT2D eigenvalue weighted by Gasteiger charge is 2.20. The number of non-ortho nitro benzene ring substituents is 1. The molecule has 0 spiro atoms. The molecule has 0 bridgehead atoms. The zero-order chi connectivity index (χ0) is 21.9. The Hall–Kier alpha value is -3.79. The van der Waals surface area contributed by atoms with E-state index in [-0.39, 0.29) is 27.5 Å². The molecule has 154 valence electrons. The molecule has 3 rings (SSSR count). The first-order valence-corrected chi connectivity index (χ1v) is 10.1. The molecule has 0 aromatic heterocycles. The monoisotopic (exact) mass is 429 g/mol. The molecule has 10 heteroatoms. The number of sulfonamides is 1. The van der Waals surface area contributed by atoms with Crippen LogP contribution in [-0.2, 0) is 10.0 Å². The summed E-state index contributed by atoms with van der Waals surface area (Å²) in [7, 11) is -4.16. The van der Waals surface area contributed by atoms with Crippen LogP contribution < -0.4 is 10.0 Å². The first kappa shape index (κ1) is 20.9. The lowest BCUT2D eigenvalue weighted by atomic mass is 10.1. The molecule has 0 aliphatic carbocycles. The molecule has 8 nitrogen and oxygen atoms in total. The van der Waals surface area contributed by atoms with Crippen molar-refractivity contribution in [1.29, 1.82) is 0 Å². The van der Waals surface area contributed by atoms with E-state index in [4.69, 9.17) is 0 Å². The minimum Gasteiger partial charge on any atom is -0.322 e. The van der Waals surface area contributed by atoms with Gasteiger partial charge in [0.1, 0.15) is 5.82 Å². The predicted octanol–water partition coefficient (Wildman–Crippen LogP) is 4.10. The largest absolute Gasteiger partial charge is 0.322 e. The van der Waals surface area contributed by atoms with Crippen molar-refractivity contribution in [2.24, 2.45) is 0 Å². The minimum absolute atomic E-state index is 0.0536. The average molecular weight is 429 g/mol. The summed E-state index contributed by atoms with van der Waals surface area (Å²) < 4.78 is 41.2. The first-order valence-electron chi connectivity index (χ1n) is 8.61. The molecule has 0 radical (unpaired) electrons. The normalized spacial score (nSPS) is 11.0. The van der Waals surface area contributed by atoms with Gasteiger partial charge in [-0.3, -0.25) is 19.6 Å². The summed E-state index contributed by atoms with van der Waals surface area (Å²) in [6.07, 6.45) is 0. The Morgan fingerprint density at radius 3 is 2.47 bits per heavy atom. The Labute approximate surface area is 171 Å². The first-order chi connectivity index (χ1) is 14.2. The van der Waals surface area contributed by atoms with Gasteiger partial charge in [0.25, 0.3) is 21.6 Å². The molecule has 0 aliphatic rings. The van der Waals surface area contributed by atoms with Crippen LogP contribution in [0.1, 0.15) is 15.9 Å². The Balaban J connectivity index is 1.89. The maximum absolute atomic E-state index is 13.8. The molecule has 0 atom stereocenters. The summed E-state index contributed by atoms with van der Waals surface area (Å²) in [5.74, 6) is -1.38. The Morgan fingerprint density at radius 2 is 1.77 bits per heavy atom. The van der Waals surface area contributed by atoms with Gasteiger partial charge in [0.05, 0.1) is 15.5 Å². The molecular weight excluding hydrogens is 413 g/mol. The van der Waals surface area contributed by atoms with Gasteiger partial charge in [-0.1, -0.05) is 24.3 Å². The fraction of sp³-hybridized carbons (Fsp3) is 0.0500. The number of hydrogen-bond acceptors (Lipinski definition) is 5. The number of nitro benzene ring substituents is 1. The summed E-state index contributed by atoms with van der Waals surface area (Å²) in [5.41, 5.74) is 0.308. The number of nitrogens with one attached hydrogen (secondary N) is 2. The Morgan fingerprint density at radius 1 is 1.03 bits per heavy atom. The van der Waals surface area contributed by atoms with E-state index in [9.17, 15) is 27.7 Å². The number of para-hydroxylation sites is 1. The van der Waals surface area contributed by atoms with Crippen LogP contribution in [0.15, 0.2) is 71.6 Å². The lowest BCUT2D eigenvalue weighted by Gasteiger charge is -2.12. The Kier molecular flexibility index (Phi) is 5.79. The highest BCUT2D eigenvalue weighted by Crippen LogP contribution is 2.23. The maximum atomic E-state index is 13.8. The van der Waals surface area contributed by atoms with Gasteiger partial charge in [0, 0.05) is 23.4 Å². The fourth-order valence-corrected chi connectivity index (χ4v) is 3.75. The van der Waals surface area contributed by atoms with E-state index in [0.717, 1.165) is 12.1 Å². The number of benzene rings is 3. The molecule has 30 heavy (non-hydrogen) atoms. The standard InChI is InChI=1S/C20H16FN3O5S/c1-13-9-10-16(30(28,29)23-19-8-3-2-7-18(19)21)12-17(13)20(25)22-14-5-4-6-15(11-14)24(26)27/h2-12,23H,1H3,(H,22,25). The second-order valence-corrected chi connectivity index (χ2v) is 8.01. The van der Waals surface area contributed by atoms with E-state index < -0.39 is 26.7 Å². The molecule has 0 saturated carbocycles. The zero-order valence-corrected chi connectivity index (χ0v) is 16.4. The van der Waals surface area contributed by atoms with Gasteiger partial charge in [0.2, 0.25) is 0 Å². The molecule has 2 N–H and O–H groups in total. The summed E-state index contributed by atoms with van der Waals surface area (Å²) in [6, 6.07) is 14.5. The van der Waals surface area contributed by atoms with Crippen LogP contribution in [0.2, 0.25) is 0 Å². The van der Waals surface area contributed by atoms with Gasteiger partial charge >= 0.3 is 0 Å². The number of carbonyl (C=O) groups excluding carboxylic acids is 1. The summed E-state index contributed by atoms with van der Waals surface area (Å²) in [4.78, 5) is 22.7. The lowest BCUT2D eigenvalue weighted by Crippen LogP contribution is -2.17. The van der Waals surface area contributed by atoms with Crippen molar-refractivity contribution < 1.29 is 22.5 Å². The summed E-state index contributed by atoms with van der Waals surface area (Å²) in [6.45, 7) is 1.61. The van der Waals surface area contributed by atoms with Crippen molar-refractivity contribution in [2.45, 2.75) is 11.8 Å². The van der Waals surface area contributed by atoms with Crippen molar-refractivity contribution in [3.8, 4) is 0 Å². The second-order valence-electron chi connectivity index (χ2n) is 6.32. The molecule has 0 unspecified atom stereocenters. The van der Waals surface area contributed by atoms with Gasteiger partial charge in [-0.05, 0) is 42.8 Å². The molecule has 0 aliphatic heterocycles. The zero-order valence-electron chi connectivity index (χ0n) is 15.6. The summed E-state index contributed by atoms with van der Waals surface area (Å²) >= 11 is 0. The number of halogens is 1. The number of hydrogen-bond donors (Lipinski definition) is 2. The van der Waals surface area contributed by atoms with E-state index in [1.54, 1.807) is 6.92 Å². The molecule has 0 heterocycles. The SMILES string of the molecule is Cc1ccc(S(=O)(=O)Nc2ccccc2F)cc1C(=O)Nc1cccc([N+](=O)[O-])c1. The molecule has 0 saturated heterocycles. The van der Waals surface area contributed by atoms with E-state index in [1.807, 2.05) is 0 Å². The minimum atomic E-state index is -4.16. The molecule has 3 aromatic carbocycles. The Bertz CT molecular complexity index is 1240. The average Bonchev–Trinajstić information content (AvgIpc) is 2.70. The highest BCUT2D eigenvalue weighted by molar-refractivity contribution is 7.92. The second kappa shape index (κ2) is 8.29. The van der Waals surface area contributed by atoms with Gasteiger partial charge < -0.3 is 5.32 Å². The van der Waals surface area contributed by atoms with Gasteiger partial charge in [-0.15, -0.1) is 0 Å². The topological polar surface area (TPSA) is 118 Å². The number of rotatable bonds is 6. The van der Waals surface area contributed by atoms with Crippen LogP contribution in [0.3, 0.4) is 0 Å². The van der Waals surface area contributed by atoms with Gasteiger partial charge in [0.15, 0.2) is 0 Å². The number of amides is 1. The number of nitrogens with zero attached hydrogens (tertiary/aromatic N) is 1. The molecule has 0 fully saturated rings. The third-order valence-electron chi connectivity index (χ3n) is 4.20. The van der Waals surface area contributed by atoms with Gasteiger partial charge in [-0.2, -0.15) is 0 Å². The number of anilines is 2.